The quantitative estimate of drug-likeness (QED) is 0.405. The third-order valence-corrected chi connectivity index (χ3v) is 4.20. The number of benzene rings is 2. The Balaban J connectivity index is 1.93. The van der Waals surface area contributed by atoms with Crippen LogP contribution in [0.4, 0.5) is 0 Å². The molecule has 3 N–H and O–H groups in total. The molecular weight excluding hydrogens is 446 g/mol. The molecule has 2 aromatic rings. The van der Waals surface area contributed by atoms with Gasteiger partial charge in [-0.05, 0) is 30.3 Å². The van der Waals surface area contributed by atoms with Gasteiger partial charge in [-0.3, -0.25) is 9.59 Å². The van der Waals surface area contributed by atoms with E-state index in [4.69, 9.17) is 14.2 Å². The molecule has 10 heteroatoms. The van der Waals surface area contributed by atoms with Gasteiger partial charge in [0.1, 0.15) is 0 Å². The van der Waals surface area contributed by atoms with Crippen LogP contribution in [0.1, 0.15) is 15.9 Å². The molecule has 0 saturated carbocycles. The molecule has 0 atom stereocenters. The Bertz CT molecular complexity index is 932. The van der Waals surface area contributed by atoms with Gasteiger partial charge in [-0.15, -0.1) is 0 Å². The Labute approximate surface area is 175 Å². The van der Waals surface area contributed by atoms with Crippen molar-refractivity contribution in [3.8, 4) is 23.0 Å². The third kappa shape index (κ3) is 5.85. The molecule has 2 aromatic carbocycles. The molecule has 0 unspecified atom stereocenters. The van der Waals surface area contributed by atoms with E-state index in [-0.39, 0.29) is 18.0 Å². The van der Waals surface area contributed by atoms with Crippen LogP contribution in [0.3, 0.4) is 0 Å². The highest BCUT2D eigenvalue weighted by atomic mass is 79.9. The summed E-state index contributed by atoms with van der Waals surface area (Å²) in [4.78, 5) is 24.1. The summed E-state index contributed by atoms with van der Waals surface area (Å²) in [5.74, 6) is 0.0304. The smallest absolute Gasteiger partial charge is 0.259 e. The van der Waals surface area contributed by atoms with Gasteiger partial charge in [0.15, 0.2) is 23.0 Å². The summed E-state index contributed by atoms with van der Waals surface area (Å²) in [5.41, 5.74) is 2.92. The predicted octanol–water partition coefficient (Wildman–Crippen LogP) is 2.06. The molecule has 9 nitrogen and oxygen atoms in total. The zero-order valence-corrected chi connectivity index (χ0v) is 17.6. The summed E-state index contributed by atoms with van der Waals surface area (Å²) in [6, 6.07) is 7.85. The zero-order chi connectivity index (χ0) is 21.4. The third-order valence-electron chi connectivity index (χ3n) is 3.74. The largest absolute Gasteiger partial charge is 0.504 e. The first kappa shape index (κ1) is 22.0. The van der Waals surface area contributed by atoms with Gasteiger partial charge in [0, 0.05) is 15.6 Å². The highest BCUT2D eigenvalue weighted by molar-refractivity contribution is 9.10. The Morgan fingerprint density at radius 3 is 2.41 bits per heavy atom. The van der Waals surface area contributed by atoms with Crippen LogP contribution in [-0.4, -0.2) is 51.0 Å². The van der Waals surface area contributed by atoms with E-state index in [9.17, 15) is 14.7 Å². The molecule has 0 heterocycles. The highest BCUT2D eigenvalue weighted by Gasteiger charge is 2.12. The fourth-order valence-electron chi connectivity index (χ4n) is 2.30. The van der Waals surface area contributed by atoms with Crippen molar-refractivity contribution in [2.75, 3.05) is 27.9 Å². The Morgan fingerprint density at radius 2 is 1.76 bits per heavy atom. The molecule has 0 saturated heterocycles. The second-order valence-electron chi connectivity index (χ2n) is 5.59. The Kier molecular flexibility index (Phi) is 7.84. The molecule has 0 radical (unpaired) electrons. The van der Waals surface area contributed by atoms with Gasteiger partial charge >= 0.3 is 0 Å². The number of methoxy groups -OCH3 is 3. The predicted molar refractivity (Wildman–Crippen MR) is 110 cm³/mol. The minimum atomic E-state index is -0.545. The molecule has 0 aromatic heterocycles. The van der Waals surface area contributed by atoms with Gasteiger partial charge in [0.25, 0.3) is 11.8 Å². The number of rotatable bonds is 8. The van der Waals surface area contributed by atoms with Crippen molar-refractivity contribution in [3.05, 3.63) is 45.9 Å². The van der Waals surface area contributed by atoms with Crippen molar-refractivity contribution >= 4 is 34.0 Å². The maximum atomic E-state index is 12.2. The van der Waals surface area contributed by atoms with Gasteiger partial charge in [-0.25, -0.2) is 5.43 Å². The van der Waals surface area contributed by atoms with Crippen molar-refractivity contribution < 1.29 is 28.9 Å². The maximum absolute atomic E-state index is 12.2. The van der Waals surface area contributed by atoms with E-state index in [1.807, 2.05) is 0 Å². The van der Waals surface area contributed by atoms with Crippen molar-refractivity contribution in [2.24, 2.45) is 5.10 Å². The lowest BCUT2D eigenvalue weighted by Gasteiger charge is -2.09. The number of carbonyl (C=O) groups excluding carboxylic acids is 2. The number of phenolic OH excluding ortho intramolecular Hbond substituents is 1. The van der Waals surface area contributed by atoms with E-state index in [1.54, 1.807) is 24.3 Å². The van der Waals surface area contributed by atoms with E-state index < -0.39 is 11.8 Å². The highest BCUT2D eigenvalue weighted by Crippen LogP contribution is 2.32. The van der Waals surface area contributed by atoms with Crippen LogP contribution < -0.4 is 25.0 Å². The number of hydrazone groups is 1. The van der Waals surface area contributed by atoms with Crippen LogP contribution in [0.5, 0.6) is 23.0 Å². The number of phenols is 1. The summed E-state index contributed by atoms with van der Waals surface area (Å²) in [6.45, 7) is -0.293. The van der Waals surface area contributed by atoms with E-state index in [0.717, 1.165) is 0 Å². The SMILES string of the molecule is COc1ccc(C(=O)NCC(=O)NN=Cc2cc(Br)cc(OC)c2O)cc1OC. The summed E-state index contributed by atoms with van der Waals surface area (Å²) in [7, 11) is 4.38. The van der Waals surface area contributed by atoms with Gasteiger partial charge in [0.2, 0.25) is 0 Å². The second-order valence-corrected chi connectivity index (χ2v) is 6.51. The molecule has 0 aliphatic heterocycles. The number of hydrogen-bond donors (Lipinski definition) is 3. The summed E-state index contributed by atoms with van der Waals surface area (Å²) in [6.07, 6.45) is 1.26. The average Bonchev–Trinajstić information content (AvgIpc) is 2.73. The topological polar surface area (TPSA) is 118 Å². The van der Waals surface area contributed by atoms with Crippen LogP contribution in [0.25, 0.3) is 0 Å². The number of halogens is 1. The number of carbonyl (C=O) groups is 2. The van der Waals surface area contributed by atoms with E-state index >= 15 is 0 Å². The first-order valence-corrected chi connectivity index (χ1v) is 9.07. The van der Waals surface area contributed by atoms with Crippen molar-refractivity contribution in [3.63, 3.8) is 0 Å². The first-order chi connectivity index (χ1) is 13.9. The molecule has 2 amide bonds. The minimum Gasteiger partial charge on any atom is -0.504 e. The van der Waals surface area contributed by atoms with Crippen molar-refractivity contribution in [2.45, 2.75) is 0 Å². The lowest BCUT2D eigenvalue weighted by Crippen LogP contribution is -2.34. The van der Waals surface area contributed by atoms with Crippen LogP contribution in [0, 0.1) is 0 Å². The van der Waals surface area contributed by atoms with Gasteiger partial charge in [-0.1, -0.05) is 15.9 Å². The summed E-state index contributed by atoms with van der Waals surface area (Å²) < 4.78 is 16.0. The molecule has 0 bridgehead atoms. The van der Waals surface area contributed by atoms with Crippen LogP contribution >= 0.6 is 15.9 Å². The fraction of sp³-hybridized carbons (Fsp3) is 0.211. The number of aromatic hydroxyl groups is 1. The van der Waals surface area contributed by atoms with Crippen molar-refractivity contribution in [1.29, 1.82) is 0 Å². The Morgan fingerprint density at radius 1 is 1.07 bits per heavy atom. The van der Waals surface area contributed by atoms with E-state index in [2.05, 4.69) is 31.8 Å². The maximum Gasteiger partial charge on any atom is 0.259 e. The van der Waals surface area contributed by atoms with Gasteiger partial charge < -0.3 is 24.6 Å². The van der Waals surface area contributed by atoms with Gasteiger partial charge in [0.05, 0.1) is 34.1 Å². The van der Waals surface area contributed by atoms with E-state index in [1.165, 1.54) is 33.6 Å². The average molecular weight is 466 g/mol. The number of hydrogen-bond acceptors (Lipinski definition) is 7. The summed E-state index contributed by atoms with van der Waals surface area (Å²) >= 11 is 3.29. The molecule has 29 heavy (non-hydrogen) atoms. The van der Waals surface area contributed by atoms with Gasteiger partial charge in [-0.2, -0.15) is 5.10 Å². The molecular formula is C19H20BrN3O6. The molecule has 154 valence electrons. The molecule has 0 aliphatic rings. The fourth-order valence-corrected chi connectivity index (χ4v) is 2.76. The van der Waals surface area contributed by atoms with Crippen molar-refractivity contribution in [1.82, 2.24) is 10.7 Å². The van der Waals surface area contributed by atoms with Crippen LogP contribution in [0.2, 0.25) is 0 Å². The van der Waals surface area contributed by atoms with Crippen LogP contribution in [0.15, 0.2) is 39.9 Å². The second kappa shape index (κ2) is 10.3. The standard InChI is InChI=1S/C19H20BrN3O6/c1-27-14-5-4-11(7-15(14)28-2)19(26)21-10-17(24)23-22-9-12-6-13(20)8-16(29-3)18(12)25/h4-9,25H,10H2,1-3H3,(H,21,26)(H,23,24). The Hall–Kier alpha value is -3.27. The molecule has 0 spiro atoms. The zero-order valence-electron chi connectivity index (χ0n) is 16.0. The first-order valence-electron chi connectivity index (χ1n) is 8.28. The number of ether oxygens (including phenoxy) is 3. The monoisotopic (exact) mass is 465 g/mol. The van der Waals surface area contributed by atoms with E-state index in [0.29, 0.717) is 27.1 Å². The lowest BCUT2D eigenvalue weighted by molar-refractivity contribution is -0.120. The minimum absolute atomic E-state index is 0.115. The molecule has 0 aliphatic carbocycles. The number of amides is 2. The molecule has 2 rings (SSSR count). The summed E-state index contributed by atoms with van der Waals surface area (Å²) in [5, 5.41) is 16.3. The van der Waals surface area contributed by atoms with Crippen LogP contribution in [-0.2, 0) is 4.79 Å². The lowest BCUT2D eigenvalue weighted by atomic mass is 10.2. The number of nitrogens with one attached hydrogen (secondary N) is 2. The normalized spacial score (nSPS) is 10.5. The number of nitrogens with zero attached hydrogens (tertiary/aromatic N) is 1. The molecule has 0 fully saturated rings.